The minimum atomic E-state index is -2.65. The van der Waals surface area contributed by atoms with E-state index < -0.39 is 29.8 Å². The molecule has 2 rings (SSSR count). The highest BCUT2D eigenvalue weighted by Crippen LogP contribution is 2.17. The lowest BCUT2D eigenvalue weighted by Crippen LogP contribution is -2.42. The van der Waals surface area contributed by atoms with Crippen molar-refractivity contribution >= 4 is 17.6 Å². The van der Waals surface area contributed by atoms with Crippen LogP contribution in [-0.2, 0) is 55.5 Å². The fourth-order valence-corrected chi connectivity index (χ4v) is 9.03. The minimum absolute atomic E-state index is 0.197. The van der Waals surface area contributed by atoms with E-state index in [2.05, 4.69) is 27.8 Å². The van der Waals surface area contributed by atoms with Crippen molar-refractivity contribution in [2.45, 2.75) is 63.6 Å². The van der Waals surface area contributed by atoms with Crippen molar-refractivity contribution in [3.63, 3.8) is 0 Å². The Kier molecular flexibility index (Phi) is 22.4. The molecule has 0 fully saturated rings. The third-order valence-corrected chi connectivity index (χ3v) is 14.2. The monoisotopic (exact) mass is 742 g/mol. The van der Waals surface area contributed by atoms with Crippen LogP contribution in [0.4, 0.5) is 0 Å². The normalized spacial score (nSPS) is 13.7. The summed E-state index contributed by atoms with van der Waals surface area (Å²) in [5.74, 6) is 0. The molecule has 0 saturated carbocycles. The van der Waals surface area contributed by atoms with Crippen molar-refractivity contribution in [1.29, 1.82) is 0 Å². The number of rotatable bonds is 30. The van der Waals surface area contributed by atoms with Crippen molar-refractivity contribution in [1.82, 2.24) is 19.8 Å². The van der Waals surface area contributed by atoms with E-state index in [-0.39, 0.29) is 13.2 Å². The molecule has 0 amide bonds. The summed E-state index contributed by atoms with van der Waals surface area (Å²) in [4.78, 5) is 13.6. The van der Waals surface area contributed by atoms with E-state index in [0.717, 1.165) is 42.9 Å². The number of aliphatic hydroxyl groups is 2. The van der Waals surface area contributed by atoms with Gasteiger partial charge in [0.15, 0.2) is 0 Å². The molecule has 16 heteroatoms. The van der Waals surface area contributed by atoms with Gasteiger partial charge in [0.2, 0.25) is 0 Å². The molecule has 287 valence electrons. The second kappa shape index (κ2) is 25.3. The maximum atomic E-state index is 11.0. The lowest BCUT2D eigenvalue weighted by molar-refractivity contribution is 0.0122. The van der Waals surface area contributed by atoms with Gasteiger partial charge in [0, 0.05) is 85.7 Å². The van der Waals surface area contributed by atoms with Gasteiger partial charge < -0.3 is 51.1 Å². The van der Waals surface area contributed by atoms with Crippen LogP contribution in [0, 0.1) is 0 Å². The summed E-state index contributed by atoms with van der Waals surface area (Å²) in [7, 11) is 4.31. The molecular weight excluding hydrogens is 681 g/mol. The molecule has 0 aliphatic heterocycles. The molecule has 2 heterocycles. The molecule has 0 aliphatic rings. The topological polar surface area (TPSA) is 147 Å². The Morgan fingerprint density at radius 2 is 1.38 bits per heavy atom. The smallest absolute Gasteiger partial charge is 0.500 e. The average molecular weight is 743 g/mol. The number of ether oxygens (including phenoxy) is 2. The molecule has 0 bridgehead atoms. The van der Waals surface area contributed by atoms with Crippen LogP contribution >= 0.6 is 0 Å². The van der Waals surface area contributed by atoms with E-state index >= 15 is 0 Å². The molecule has 0 spiro atoms. The van der Waals surface area contributed by atoms with Gasteiger partial charge in [-0.05, 0) is 64.5 Å². The van der Waals surface area contributed by atoms with Gasteiger partial charge in [0.05, 0.1) is 36.8 Å². The van der Waals surface area contributed by atoms with Gasteiger partial charge in [-0.1, -0.05) is 31.5 Å². The van der Waals surface area contributed by atoms with E-state index in [0.29, 0.717) is 57.9 Å². The standard InChI is InChI=1S/C34H62N4O10Si2/c1-8-37(25-32(39)28-47-20-12-22-49(41-2,42-3)43-4)19-16-30-14-11-18-36-34(30)27-38(24-31-15-9-10-17-35-31)26-33(40)29-48-21-13-23-50(44-5,45-6)46-7/h9-11,14-15,17-18,32-33,39-40H,8,12-13,16,19-29H2,1-7H3/q-1. The molecule has 2 N–H and O–H groups in total. The van der Waals surface area contributed by atoms with E-state index in [1.165, 1.54) is 0 Å². The number of nitrogens with zero attached hydrogens (tertiary/aromatic N) is 4. The summed E-state index contributed by atoms with van der Waals surface area (Å²) in [5.41, 5.74) is 2.97. The van der Waals surface area contributed by atoms with Crippen LogP contribution < -0.4 is 0 Å². The Hall–Kier alpha value is -1.75. The van der Waals surface area contributed by atoms with E-state index in [9.17, 15) is 10.2 Å². The first kappa shape index (κ1) is 44.4. The molecule has 2 atom stereocenters. The summed E-state index contributed by atoms with van der Waals surface area (Å²) in [6, 6.07) is 11.2. The molecule has 2 aromatic rings. The van der Waals surface area contributed by atoms with Crippen LogP contribution in [0.2, 0.25) is 12.1 Å². The zero-order valence-corrected chi connectivity index (χ0v) is 33.3. The van der Waals surface area contributed by atoms with E-state index in [1.807, 2.05) is 24.3 Å². The minimum Gasteiger partial charge on any atom is -0.527 e. The zero-order chi connectivity index (χ0) is 36.7. The van der Waals surface area contributed by atoms with Gasteiger partial charge in [-0.2, -0.15) is 0 Å². The SMILES string of the molecule is CCN(CCc1cccnc1CN(Cc1ccccn1)CC(O)COCCC[Si-](OC)(OC)OC)CC(O)COCCC[Si](OC)(OC)OC. The fourth-order valence-electron chi connectivity index (χ4n) is 5.65. The summed E-state index contributed by atoms with van der Waals surface area (Å²) < 4.78 is 44.4. The maximum Gasteiger partial charge on any atom is 0.500 e. The van der Waals surface area contributed by atoms with Crippen LogP contribution in [-0.4, -0.2) is 155 Å². The molecule has 2 aromatic heterocycles. The van der Waals surface area contributed by atoms with E-state index in [1.54, 1.807) is 55.1 Å². The van der Waals surface area contributed by atoms with Crippen LogP contribution in [0.3, 0.4) is 0 Å². The van der Waals surface area contributed by atoms with Crippen LogP contribution in [0.15, 0.2) is 42.7 Å². The number of likely N-dealkylation sites (N-methyl/N-ethyl adjacent to an activating group) is 1. The van der Waals surface area contributed by atoms with Gasteiger partial charge >= 0.3 is 8.80 Å². The number of aromatic nitrogens is 2. The fraction of sp³-hybridized carbons (Fsp3) is 0.706. The van der Waals surface area contributed by atoms with Gasteiger partial charge in [-0.15, -0.1) is 0 Å². The molecule has 2 unspecified atom stereocenters. The van der Waals surface area contributed by atoms with Crippen molar-refractivity contribution < 1.29 is 46.2 Å². The molecule has 0 radical (unpaired) electrons. The third-order valence-electron chi connectivity index (χ3n) is 8.58. The van der Waals surface area contributed by atoms with Crippen molar-refractivity contribution in [3.8, 4) is 0 Å². The molecule has 50 heavy (non-hydrogen) atoms. The first-order chi connectivity index (χ1) is 24.2. The second-order valence-electron chi connectivity index (χ2n) is 12.0. The van der Waals surface area contributed by atoms with Crippen molar-refractivity contribution in [3.05, 3.63) is 59.7 Å². The lowest BCUT2D eigenvalue weighted by atomic mass is 10.1. The number of hydrogen-bond acceptors (Lipinski definition) is 14. The summed E-state index contributed by atoms with van der Waals surface area (Å²) >= 11 is 0. The van der Waals surface area contributed by atoms with Crippen LogP contribution in [0.1, 0.15) is 36.7 Å². The van der Waals surface area contributed by atoms with Gasteiger partial charge in [0.25, 0.3) is 8.80 Å². The predicted octanol–water partition coefficient (Wildman–Crippen LogP) is 2.63. The molecule has 0 aromatic carbocycles. The van der Waals surface area contributed by atoms with E-state index in [4.69, 9.17) is 41.0 Å². The highest BCUT2D eigenvalue weighted by Gasteiger charge is 2.36. The summed E-state index contributed by atoms with van der Waals surface area (Å²) in [6.07, 6.45) is 4.44. The van der Waals surface area contributed by atoms with Gasteiger partial charge in [-0.3, -0.25) is 14.9 Å². The largest absolute Gasteiger partial charge is 0.527 e. The Morgan fingerprint density at radius 3 is 1.96 bits per heavy atom. The van der Waals surface area contributed by atoms with Gasteiger partial charge in [-0.25, -0.2) is 0 Å². The predicted molar refractivity (Wildman–Crippen MR) is 194 cm³/mol. The van der Waals surface area contributed by atoms with Crippen molar-refractivity contribution in [2.24, 2.45) is 0 Å². The first-order valence-electron chi connectivity index (χ1n) is 17.3. The first-order valence-corrected chi connectivity index (χ1v) is 21.2. The third kappa shape index (κ3) is 16.3. The van der Waals surface area contributed by atoms with Crippen LogP contribution in [0.25, 0.3) is 0 Å². The molecular formula is C34H62N4O10Si2-. The van der Waals surface area contributed by atoms with Crippen LogP contribution in [0.5, 0.6) is 0 Å². The summed E-state index contributed by atoms with van der Waals surface area (Å²) in [6.45, 7) is 7.01. The Morgan fingerprint density at radius 1 is 0.760 bits per heavy atom. The quantitative estimate of drug-likeness (QED) is 0.0894. The Bertz CT molecular complexity index is 1120. The summed E-state index contributed by atoms with van der Waals surface area (Å²) in [5, 5.41) is 21.7. The molecule has 0 saturated heterocycles. The van der Waals surface area contributed by atoms with Crippen molar-refractivity contribution in [2.75, 3.05) is 95.3 Å². The molecule has 0 aliphatic carbocycles. The lowest BCUT2D eigenvalue weighted by Gasteiger charge is -2.38. The Labute approximate surface area is 301 Å². The average Bonchev–Trinajstić information content (AvgIpc) is 3.14. The molecule has 14 nitrogen and oxygen atoms in total. The number of hydrogen-bond donors (Lipinski definition) is 2. The second-order valence-corrected chi connectivity index (χ2v) is 18.2. The highest BCUT2D eigenvalue weighted by atomic mass is 28.4. The van der Waals surface area contributed by atoms with Gasteiger partial charge in [0.1, 0.15) is 0 Å². The number of pyridine rings is 2. The highest BCUT2D eigenvalue weighted by molar-refractivity contribution is 6.60. The maximum absolute atomic E-state index is 11.0. The number of aliphatic hydroxyl groups excluding tert-OH is 2. The zero-order valence-electron chi connectivity index (χ0n) is 31.3. The Balaban J connectivity index is 1.92.